The zero-order valence-corrected chi connectivity index (χ0v) is 22.4. The summed E-state index contributed by atoms with van der Waals surface area (Å²) in [6.45, 7) is 8.00. The first-order valence-electron chi connectivity index (χ1n) is 12.4. The Hall–Kier alpha value is -3.81. The lowest BCUT2D eigenvalue weighted by molar-refractivity contribution is 0.0278. The van der Waals surface area contributed by atoms with Gasteiger partial charge in [0.25, 0.3) is 5.91 Å². The summed E-state index contributed by atoms with van der Waals surface area (Å²) < 4.78 is 16.7. The number of nitrogens with one attached hydrogen (secondary N) is 1. The lowest BCUT2D eigenvalue weighted by Gasteiger charge is -2.24. The molecule has 1 aliphatic rings. The number of carbonyl (C=O) groups excluding carboxylic acids is 2. The van der Waals surface area contributed by atoms with Crippen molar-refractivity contribution in [3.63, 3.8) is 0 Å². The number of pyridine rings is 1. The molecule has 4 rings (SSSR count). The van der Waals surface area contributed by atoms with Crippen LogP contribution in [0.4, 0.5) is 4.79 Å². The summed E-state index contributed by atoms with van der Waals surface area (Å²) in [6, 6.07) is 13.3. The third-order valence-electron chi connectivity index (χ3n) is 6.40. The minimum absolute atomic E-state index is 0.161. The number of aryl methyl sites for hydroxylation is 1. The van der Waals surface area contributed by atoms with Gasteiger partial charge in [0.05, 0.1) is 24.7 Å². The zero-order valence-electron chi connectivity index (χ0n) is 22.4. The number of aromatic nitrogens is 1. The second-order valence-electron chi connectivity index (χ2n) is 10.5. The predicted octanol–water partition coefficient (Wildman–Crippen LogP) is 5.22. The lowest BCUT2D eigenvalue weighted by Crippen LogP contribution is -2.36. The summed E-state index contributed by atoms with van der Waals surface area (Å²) in [4.78, 5) is 31.6. The van der Waals surface area contributed by atoms with Crippen LogP contribution < -0.4 is 14.8 Å². The zero-order chi connectivity index (χ0) is 26.8. The number of ether oxygens (including phenoxy) is 3. The Kier molecular flexibility index (Phi) is 7.30. The lowest BCUT2D eigenvalue weighted by atomic mass is 9.97. The highest BCUT2D eigenvalue weighted by Gasteiger charge is 2.47. The van der Waals surface area contributed by atoms with Crippen LogP contribution in [0.1, 0.15) is 55.1 Å². The summed E-state index contributed by atoms with van der Waals surface area (Å²) in [5, 5.41) is 4.28. The molecule has 37 heavy (non-hydrogen) atoms. The number of rotatable bonds is 8. The molecule has 1 fully saturated rings. The first kappa shape index (κ1) is 26.3. The molecule has 0 atom stereocenters. The molecule has 196 valence electrons. The van der Waals surface area contributed by atoms with Crippen molar-refractivity contribution in [2.45, 2.75) is 51.7 Å². The summed E-state index contributed by atoms with van der Waals surface area (Å²) in [5.74, 6) is 1.12. The molecule has 0 bridgehead atoms. The van der Waals surface area contributed by atoms with Crippen LogP contribution in [0.5, 0.6) is 11.5 Å². The van der Waals surface area contributed by atoms with Gasteiger partial charge in [-0.3, -0.25) is 9.78 Å². The number of amides is 2. The smallest absolute Gasteiger partial charge is 0.410 e. The summed E-state index contributed by atoms with van der Waals surface area (Å²) in [6.07, 6.45) is 3.02. The largest absolute Gasteiger partial charge is 0.497 e. The first-order valence-corrected chi connectivity index (χ1v) is 12.4. The molecule has 8 heteroatoms. The van der Waals surface area contributed by atoms with Gasteiger partial charge in [0.15, 0.2) is 0 Å². The van der Waals surface area contributed by atoms with Gasteiger partial charge in [0.1, 0.15) is 23.7 Å². The minimum atomic E-state index is -0.558. The molecule has 1 aromatic heterocycles. The van der Waals surface area contributed by atoms with Gasteiger partial charge in [-0.15, -0.1) is 0 Å². The van der Waals surface area contributed by atoms with Gasteiger partial charge in [0.2, 0.25) is 0 Å². The van der Waals surface area contributed by atoms with Crippen molar-refractivity contribution < 1.29 is 23.8 Å². The van der Waals surface area contributed by atoms with Crippen molar-refractivity contribution in [3.05, 3.63) is 65.4 Å². The molecule has 1 heterocycles. The fraction of sp³-hybridized carbons (Fsp3) is 0.414. The van der Waals surface area contributed by atoms with Crippen molar-refractivity contribution in [2.75, 3.05) is 27.3 Å². The van der Waals surface area contributed by atoms with E-state index >= 15 is 0 Å². The molecule has 0 saturated heterocycles. The molecule has 1 N–H and O–H groups in total. The van der Waals surface area contributed by atoms with Gasteiger partial charge < -0.3 is 24.4 Å². The highest BCUT2D eigenvalue weighted by molar-refractivity contribution is 5.97. The monoisotopic (exact) mass is 505 g/mol. The number of hydrogen-bond acceptors (Lipinski definition) is 6. The van der Waals surface area contributed by atoms with Crippen molar-refractivity contribution in [2.24, 2.45) is 0 Å². The third-order valence-corrected chi connectivity index (χ3v) is 6.40. The Morgan fingerprint density at radius 1 is 1.11 bits per heavy atom. The van der Waals surface area contributed by atoms with Crippen LogP contribution in [0.25, 0.3) is 10.9 Å². The molecule has 8 nitrogen and oxygen atoms in total. The van der Waals surface area contributed by atoms with Gasteiger partial charge in [-0.25, -0.2) is 4.79 Å². The Balaban J connectivity index is 1.46. The van der Waals surface area contributed by atoms with E-state index in [1.165, 1.54) is 4.90 Å². The molecule has 1 aliphatic carbocycles. The molecule has 0 spiro atoms. The van der Waals surface area contributed by atoms with Gasteiger partial charge in [-0.05, 0) is 75.9 Å². The van der Waals surface area contributed by atoms with E-state index in [-0.39, 0.29) is 12.5 Å². The number of carbonyl (C=O) groups is 2. The summed E-state index contributed by atoms with van der Waals surface area (Å²) in [7, 11) is 3.30. The Bertz CT molecular complexity index is 1310. The molecule has 0 unspecified atom stereocenters. The second-order valence-corrected chi connectivity index (χ2v) is 10.5. The topological polar surface area (TPSA) is 90.0 Å². The fourth-order valence-corrected chi connectivity index (χ4v) is 4.21. The number of fused-ring (bicyclic) bond motifs is 1. The maximum atomic E-state index is 13.5. The van der Waals surface area contributed by atoms with Crippen molar-refractivity contribution in [1.82, 2.24) is 15.2 Å². The van der Waals surface area contributed by atoms with Crippen LogP contribution >= 0.6 is 0 Å². The molecule has 3 aromatic rings. The van der Waals surface area contributed by atoms with E-state index in [2.05, 4.69) is 10.3 Å². The molecular formula is C29H35N3O5. The number of benzene rings is 2. The van der Waals surface area contributed by atoms with E-state index in [0.29, 0.717) is 23.6 Å². The van der Waals surface area contributed by atoms with E-state index in [1.807, 2.05) is 64.1 Å². The molecule has 1 saturated carbocycles. The van der Waals surface area contributed by atoms with Crippen molar-refractivity contribution in [3.8, 4) is 11.5 Å². The highest BCUT2D eigenvalue weighted by Crippen LogP contribution is 2.49. The number of methoxy groups -OCH3 is 1. The third kappa shape index (κ3) is 6.13. The average Bonchev–Trinajstić information content (AvgIpc) is 3.63. The molecule has 0 radical (unpaired) electrons. The summed E-state index contributed by atoms with van der Waals surface area (Å²) >= 11 is 0. The van der Waals surface area contributed by atoms with E-state index < -0.39 is 17.2 Å². The summed E-state index contributed by atoms with van der Waals surface area (Å²) in [5.41, 5.74) is 2.22. The van der Waals surface area contributed by atoms with Gasteiger partial charge >= 0.3 is 6.09 Å². The Morgan fingerprint density at radius 2 is 1.86 bits per heavy atom. The van der Waals surface area contributed by atoms with Crippen LogP contribution in [-0.2, 0) is 10.3 Å². The van der Waals surface area contributed by atoms with Crippen molar-refractivity contribution in [1.29, 1.82) is 0 Å². The van der Waals surface area contributed by atoms with Crippen LogP contribution in [-0.4, -0.2) is 54.8 Å². The SMILES string of the molecule is COc1cc(C2(NC(=O)c3cc(OCCN(C)C(=O)OC(C)(C)C)ccc3C)CC2)c2cccnc2c1. The van der Waals surface area contributed by atoms with E-state index in [0.717, 1.165) is 34.9 Å². The molecular weight excluding hydrogens is 470 g/mol. The standard InChI is InChI=1S/C29H35N3O5/c1-19-9-10-20(36-15-14-32(5)27(34)37-28(2,3)4)16-23(19)26(33)31-29(11-12-29)24-17-21(35-6)18-25-22(24)8-7-13-30-25/h7-10,13,16-18H,11-12,14-15H2,1-6H3,(H,31,33). The van der Waals surface area contributed by atoms with E-state index in [1.54, 1.807) is 26.4 Å². The van der Waals surface area contributed by atoms with Crippen LogP contribution in [0.3, 0.4) is 0 Å². The van der Waals surface area contributed by atoms with E-state index in [4.69, 9.17) is 14.2 Å². The van der Waals surface area contributed by atoms with Crippen LogP contribution in [0.15, 0.2) is 48.7 Å². The van der Waals surface area contributed by atoms with Gasteiger partial charge in [-0.1, -0.05) is 12.1 Å². The Labute approximate surface area is 217 Å². The molecule has 2 aromatic carbocycles. The maximum Gasteiger partial charge on any atom is 0.410 e. The van der Waals surface area contributed by atoms with Crippen molar-refractivity contribution >= 4 is 22.9 Å². The second kappa shape index (κ2) is 10.3. The van der Waals surface area contributed by atoms with Gasteiger partial charge in [-0.2, -0.15) is 0 Å². The number of likely N-dealkylation sites (N-methyl/N-ethyl adjacent to an activating group) is 1. The predicted molar refractivity (Wildman–Crippen MR) is 142 cm³/mol. The minimum Gasteiger partial charge on any atom is -0.497 e. The number of nitrogens with zero attached hydrogens (tertiary/aromatic N) is 2. The van der Waals surface area contributed by atoms with Crippen LogP contribution in [0, 0.1) is 6.92 Å². The molecule has 0 aliphatic heterocycles. The van der Waals surface area contributed by atoms with Crippen LogP contribution in [0.2, 0.25) is 0 Å². The normalized spacial score (nSPS) is 14.1. The van der Waals surface area contributed by atoms with Gasteiger partial charge in [0, 0.05) is 30.3 Å². The first-order chi connectivity index (χ1) is 17.5. The molecule has 2 amide bonds. The maximum absolute atomic E-state index is 13.5. The Morgan fingerprint density at radius 3 is 2.54 bits per heavy atom. The highest BCUT2D eigenvalue weighted by atomic mass is 16.6. The number of hydrogen-bond donors (Lipinski definition) is 1. The quantitative estimate of drug-likeness (QED) is 0.452. The fourth-order valence-electron chi connectivity index (χ4n) is 4.21. The van der Waals surface area contributed by atoms with E-state index in [9.17, 15) is 9.59 Å². The average molecular weight is 506 g/mol.